The Morgan fingerprint density at radius 3 is 2.50 bits per heavy atom. The quantitative estimate of drug-likeness (QED) is 0.456. The maximum absolute atomic E-state index is 10.6. The van der Waals surface area contributed by atoms with Crippen LogP contribution in [-0.4, -0.2) is 22.8 Å². The first-order valence-corrected chi connectivity index (χ1v) is 3.26. The Kier molecular flexibility index (Phi) is 3.22. The van der Waals surface area contributed by atoms with E-state index in [2.05, 4.69) is 0 Å². The van der Waals surface area contributed by atoms with Gasteiger partial charge >= 0.3 is 0 Å². The molecule has 3 heteroatoms. The molecule has 0 aromatic heterocycles. The highest BCUT2D eigenvalue weighted by atomic mass is 16.3. The van der Waals surface area contributed by atoms with Gasteiger partial charge in [0, 0.05) is 0 Å². The molecular formula is C7H12O3. The first kappa shape index (κ1) is 9.30. The van der Waals surface area contributed by atoms with Crippen LogP contribution in [0.1, 0.15) is 26.7 Å². The highest BCUT2D eigenvalue weighted by molar-refractivity contribution is 6.28. The molecule has 1 unspecified atom stereocenters. The maximum Gasteiger partial charge on any atom is 0.226 e. The SMILES string of the molecule is CCCC(C)(O)C(=O)C=O. The molecule has 10 heavy (non-hydrogen) atoms. The number of hydrogen-bond donors (Lipinski definition) is 1. The van der Waals surface area contributed by atoms with E-state index in [1.165, 1.54) is 6.92 Å². The van der Waals surface area contributed by atoms with Crippen molar-refractivity contribution in [1.82, 2.24) is 0 Å². The summed E-state index contributed by atoms with van der Waals surface area (Å²) in [6.45, 7) is 3.19. The second-order valence-corrected chi connectivity index (χ2v) is 2.51. The molecule has 0 amide bonds. The Hall–Kier alpha value is -0.700. The summed E-state index contributed by atoms with van der Waals surface area (Å²) in [6.07, 6.45) is 1.19. The van der Waals surface area contributed by atoms with E-state index in [9.17, 15) is 14.7 Å². The maximum atomic E-state index is 10.6. The van der Waals surface area contributed by atoms with E-state index in [0.29, 0.717) is 12.8 Å². The van der Waals surface area contributed by atoms with Crippen molar-refractivity contribution in [1.29, 1.82) is 0 Å². The second-order valence-electron chi connectivity index (χ2n) is 2.51. The number of aldehydes is 1. The van der Waals surface area contributed by atoms with Crippen molar-refractivity contribution < 1.29 is 14.7 Å². The monoisotopic (exact) mass is 144 g/mol. The Labute approximate surface area is 60.0 Å². The lowest BCUT2D eigenvalue weighted by molar-refractivity contribution is -0.142. The Morgan fingerprint density at radius 1 is 1.70 bits per heavy atom. The number of carbonyl (C=O) groups is 2. The Morgan fingerprint density at radius 2 is 2.20 bits per heavy atom. The fourth-order valence-corrected chi connectivity index (χ4v) is 0.737. The highest BCUT2D eigenvalue weighted by Gasteiger charge is 2.27. The number of carbonyl (C=O) groups excluding carboxylic acids is 2. The van der Waals surface area contributed by atoms with Gasteiger partial charge in [-0.2, -0.15) is 0 Å². The van der Waals surface area contributed by atoms with Crippen molar-refractivity contribution in [3.63, 3.8) is 0 Å². The van der Waals surface area contributed by atoms with Crippen LogP contribution in [0.3, 0.4) is 0 Å². The van der Waals surface area contributed by atoms with Gasteiger partial charge in [-0.3, -0.25) is 9.59 Å². The molecule has 0 rings (SSSR count). The Bertz CT molecular complexity index is 138. The molecule has 0 fully saturated rings. The van der Waals surface area contributed by atoms with E-state index < -0.39 is 11.4 Å². The first-order chi connectivity index (χ1) is 4.54. The molecule has 0 aromatic carbocycles. The summed E-state index contributed by atoms with van der Waals surface area (Å²) in [5.74, 6) is -0.741. The van der Waals surface area contributed by atoms with Crippen LogP contribution in [0.15, 0.2) is 0 Å². The molecule has 0 aliphatic carbocycles. The van der Waals surface area contributed by atoms with Crippen LogP contribution in [-0.2, 0) is 9.59 Å². The molecule has 1 N–H and O–H groups in total. The Balaban J connectivity index is 4.08. The third kappa shape index (κ3) is 2.27. The molecular weight excluding hydrogens is 132 g/mol. The van der Waals surface area contributed by atoms with Gasteiger partial charge < -0.3 is 5.11 Å². The topological polar surface area (TPSA) is 54.4 Å². The predicted octanol–water partition coefficient (Wildman–Crippen LogP) is 0.305. The van der Waals surface area contributed by atoms with Gasteiger partial charge in [0.25, 0.3) is 0 Å². The summed E-state index contributed by atoms with van der Waals surface area (Å²) < 4.78 is 0. The van der Waals surface area contributed by atoms with Crippen LogP contribution in [0.5, 0.6) is 0 Å². The fourth-order valence-electron chi connectivity index (χ4n) is 0.737. The van der Waals surface area contributed by atoms with Crippen molar-refractivity contribution in [3.05, 3.63) is 0 Å². The number of aliphatic hydroxyl groups is 1. The molecule has 0 saturated heterocycles. The van der Waals surface area contributed by atoms with Crippen LogP contribution >= 0.6 is 0 Å². The average molecular weight is 144 g/mol. The molecule has 0 spiro atoms. The van der Waals surface area contributed by atoms with Crippen molar-refractivity contribution in [2.75, 3.05) is 0 Å². The van der Waals surface area contributed by atoms with Crippen LogP contribution in [0.2, 0.25) is 0 Å². The molecule has 0 aliphatic rings. The fraction of sp³-hybridized carbons (Fsp3) is 0.714. The third-order valence-corrected chi connectivity index (χ3v) is 1.37. The largest absolute Gasteiger partial charge is 0.382 e. The van der Waals surface area contributed by atoms with Gasteiger partial charge in [0.2, 0.25) is 5.78 Å². The van der Waals surface area contributed by atoms with Gasteiger partial charge in [-0.05, 0) is 13.3 Å². The molecule has 0 aromatic rings. The summed E-state index contributed by atoms with van der Waals surface area (Å²) in [5, 5.41) is 9.20. The average Bonchev–Trinajstić information content (AvgIpc) is 1.86. The lowest BCUT2D eigenvalue weighted by atomic mass is 9.96. The zero-order chi connectivity index (χ0) is 8.20. The van der Waals surface area contributed by atoms with Gasteiger partial charge in [0.05, 0.1) is 0 Å². The van der Waals surface area contributed by atoms with E-state index in [4.69, 9.17) is 0 Å². The van der Waals surface area contributed by atoms with Gasteiger partial charge in [0.15, 0.2) is 6.29 Å². The van der Waals surface area contributed by atoms with E-state index >= 15 is 0 Å². The number of ketones is 1. The van der Waals surface area contributed by atoms with Crippen LogP contribution < -0.4 is 0 Å². The summed E-state index contributed by atoms with van der Waals surface area (Å²) in [6, 6.07) is 0. The van der Waals surface area contributed by atoms with E-state index in [-0.39, 0.29) is 6.29 Å². The van der Waals surface area contributed by atoms with Gasteiger partial charge in [-0.25, -0.2) is 0 Å². The highest BCUT2D eigenvalue weighted by Crippen LogP contribution is 2.11. The summed E-state index contributed by atoms with van der Waals surface area (Å²) in [5.41, 5.74) is -1.45. The molecule has 3 nitrogen and oxygen atoms in total. The van der Waals surface area contributed by atoms with Crippen molar-refractivity contribution in [3.8, 4) is 0 Å². The smallest absolute Gasteiger partial charge is 0.226 e. The number of Topliss-reactive ketones (excluding diaryl/α,β-unsaturated/α-hetero) is 1. The van der Waals surface area contributed by atoms with E-state index in [1.54, 1.807) is 0 Å². The lowest BCUT2D eigenvalue weighted by Crippen LogP contribution is -2.35. The minimum absolute atomic E-state index is 0.162. The minimum Gasteiger partial charge on any atom is -0.382 e. The molecule has 0 bridgehead atoms. The molecule has 0 radical (unpaired) electrons. The van der Waals surface area contributed by atoms with Gasteiger partial charge in [-0.1, -0.05) is 13.3 Å². The van der Waals surface area contributed by atoms with Gasteiger partial charge in [0.1, 0.15) is 5.60 Å². The standard InChI is InChI=1S/C7H12O3/c1-3-4-7(2,10)6(9)5-8/h5,10H,3-4H2,1-2H3. The summed E-state index contributed by atoms with van der Waals surface area (Å²) in [7, 11) is 0. The third-order valence-electron chi connectivity index (χ3n) is 1.37. The second kappa shape index (κ2) is 3.46. The van der Waals surface area contributed by atoms with E-state index in [0.717, 1.165) is 0 Å². The van der Waals surface area contributed by atoms with E-state index in [1.807, 2.05) is 6.92 Å². The molecule has 1 atom stereocenters. The zero-order valence-electron chi connectivity index (χ0n) is 6.26. The normalized spacial score (nSPS) is 15.9. The predicted molar refractivity (Wildman–Crippen MR) is 36.6 cm³/mol. The van der Waals surface area contributed by atoms with Crippen LogP contribution in [0.25, 0.3) is 0 Å². The molecule has 0 heterocycles. The summed E-state index contributed by atoms with van der Waals surface area (Å²) in [4.78, 5) is 20.5. The van der Waals surface area contributed by atoms with Gasteiger partial charge in [-0.15, -0.1) is 0 Å². The van der Waals surface area contributed by atoms with Crippen LogP contribution in [0, 0.1) is 0 Å². The number of hydrogen-bond acceptors (Lipinski definition) is 3. The van der Waals surface area contributed by atoms with Crippen molar-refractivity contribution >= 4 is 12.1 Å². The first-order valence-electron chi connectivity index (χ1n) is 3.26. The van der Waals surface area contributed by atoms with Crippen LogP contribution in [0.4, 0.5) is 0 Å². The summed E-state index contributed by atoms with van der Waals surface area (Å²) >= 11 is 0. The van der Waals surface area contributed by atoms with Crippen molar-refractivity contribution in [2.45, 2.75) is 32.3 Å². The molecule has 0 aliphatic heterocycles. The molecule has 0 saturated carbocycles. The lowest BCUT2D eigenvalue weighted by Gasteiger charge is -2.16. The minimum atomic E-state index is -1.45. The zero-order valence-corrected chi connectivity index (χ0v) is 6.26. The molecule has 58 valence electrons. The van der Waals surface area contributed by atoms with Crippen molar-refractivity contribution in [2.24, 2.45) is 0 Å². The number of rotatable bonds is 4.